The molecule has 0 N–H and O–H groups in total. The predicted octanol–water partition coefficient (Wildman–Crippen LogP) is 3.60. The highest BCUT2D eigenvalue weighted by atomic mass is 32.2. The first-order valence-electron chi connectivity index (χ1n) is 5.61. The van der Waals surface area contributed by atoms with Crippen molar-refractivity contribution in [2.45, 2.75) is 38.1 Å². The van der Waals surface area contributed by atoms with Crippen LogP contribution < -0.4 is 4.18 Å². The van der Waals surface area contributed by atoms with E-state index in [1.807, 2.05) is 6.92 Å². The lowest BCUT2D eigenvalue weighted by atomic mass is 9.82. The third-order valence-electron chi connectivity index (χ3n) is 2.98. The lowest BCUT2D eigenvalue weighted by Crippen LogP contribution is -2.29. The summed E-state index contributed by atoms with van der Waals surface area (Å²) in [6.07, 6.45) is 0.624. The Kier molecular flexibility index (Phi) is 4.19. The minimum absolute atomic E-state index is 0.285. The topological polar surface area (TPSA) is 43.4 Å². The zero-order chi connectivity index (χ0) is 14.9. The third-order valence-corrected chi connectivity index (χ3v) is 3.95. The molecule has 3 nitrogen and oxygen atoms in total. The van der Waals surface area contributed by atoms with Crippen LogP contribution in [0.1, 0.15) is 32.8 Å². The first-order chi connectivity index (χ1) is 8.51. The lowest BCUT2D eigenvalue weighted by molar-refractivity contribution is -0.0500. The summed E-state index contributed by atoms with van der Waals surface area (Å²) in [6.45, 7) is 5.46. The highest BCUT2D eigenvalue weighted by molar-refractivity contribution is 7.88. The van der Waals surface area contributed by atoms with Crippen molar-refractivity contribution in [2.75, 3.05) is 0 Å². The fraction of sp³-hybridized carbons (Fsp3) is 0.500. The third kappa shape index (κ3) is 3.40. The highest BCUT2D eigenvalue weighted by Gasteiger charge is 2.49. The van der Waals surface area contributed by atoms with Gasteiger partial charge in [-0.25, -0.2) is 0 Å². The number of para-hydroxylation sites is 1. The van der Waals surface area contributed by atoms with Crippen molar-refractivity contribution < 1.29 is 25.8 Å². The predicted molar refractivity (Wildman–Crippen MR) is 65.4 cm³/mol. The van der Waals surface area contributed by atoms with Crippen molar-refractivity contribution in [3.05, 3.63) is 29.8 Å². The molecule has 0 aliphatic rings. The summed E-state index contributed by atoms with van der Waals surface area (Å²) in [5.74, 6) is -0.285. The Morgan fingerprint density at radius 1 is 1.16 bits per heavy atom. The van der Waals surface area contributed by atoms with Crippen LogP contribution in [-0.4, -0.2) is 13.9 Å². The smallest absolute Gasteiger partial charge is 0.376 e. The molecule has 1 rings (SSSR count). The number of halogens is 3. The zero-order valence-electron chi connectivity index (χ0n) is 10.8. The number of hydrogen-bond acceptors (Lipinski definition) is 3. The summed E-state index contributed by atoms with van der Waals surface area (Å²) < 4.78 is 63.3. The van der Waals surface area contributed by atoms with Gasteiger partial charge < -0.3 is 4.18 Å². The van der Waals surface area contributed by atoms with E-state index < -0.39 is 21.0 Å². The van der Waals surface area contributed by atoms with Gasteiger partial charge in [-0.15, -0.1) is 0 Å². The average molecular weight is 296 g/mol. The maximum Gasteiger partial charge on any atom is 0.534 e. The Balaban J connectivity index is 3.25. The number of hydrogen-bond donors (Lipinski definition) is 0. The first kappa shape index (κ1) is 15.8. The van der Waals surface area contributed by atoms with Gasteiger partial charge in [0, 0.05) is 5.56 Å². The number of benzene rings is 1. The van der Waals surface area contributed by atoms with Crippen molar-refractivity contribution in [3.63, 3.8) is 0 Å². The Hall–Kier alpha value is -1.24. The quantitative estimate of drug-likeness (QED) is 0.630. The van der Waals surface area contributed by atoms with Crippen LogP contribution in [0.4, 0.5) is 13.2 Å². The van der Waals surface area contributed by atoms with E-state index in [4.69, 9.17) is 0 Å². The molecule has 0 atom stereocenters. The Labute approximate surface area is 110 Å². The maximum absolute atomic E-state index is 12.3. The molecule has 0 saturated heterocycles. The fourth-order valence-corrected chi connectivity index (χ4v) is 1.93. The molecule has 1 aromatic rings. The molecule has 1 aromatic carbocycles. The molecular weight excluding hydrogens is 281 g/mol. The van der Waals surface area contributed by atoms with Crippen molar-refractivity contribution in [2.24, 2.45) is 0 Å². The van der Waals surface area contributed by atoms with Crippen molar-refractivity contribution in [3.8, 4) is 5.75 Å². The normalized spacial score (nSPS) is 13.4. The van der Waals surface area contributed by atoms with E-state index in [0.29, 0.717) is 12.0 Å². The molecule has 0 aliphatic carbocycles. The Morgan fingerprint density at radius 3 is 2.16 bits per heavy atom. The van der Waals surface area contributed by atoms with Crippen LogP contribution in [0.5, 0.6) is 5.75 Å². The second kappa shape index (κ2) is 5.03. The lowest BCUT2D eigenvalue weighted by Gasteiger charge is -2.25. The molecule has 0 aliphatic heterocycles. The Morgan fingerprint density at radius 2 is 1.68 bits per heavy atom. The van der Waals surface area contributed by atoms with Gasteiger partial charge in [-0.3, -0.25) is 0 Å². The molecule has 0 bridgehead atoms. The van der Waals surface area contributed by atoms with Crippen LogP contribution in [0.15, 0.2) is 24.3 Å². The second-order valence-corrected chi connectivity index (χ2v) is 6.25. The highest BCUT2D eigenvalue weighted by Crippen LogP contribution is 2.36. The monoisotopic (exact) mass is 296 g/mol. The van der Waals surface area contributed by atoms with E-state index in [-0.39, 0.29) is 5.75 Å². The molecule has 0 amide bonds. The minimum Gasteiger partial charge on any atom is -0.376 e. The zero-order valence-corrected chi connectivity index (χ0v) is 11.6. The van der Waals surface area contributed by atoms with Gasteiger partial charge in [0.05, 0.1) is 0 Å². The summed E-state index contributed by atoms with van der Waals surface area (Å²) in [5, 5.41) is 0. The summed E-state index contributed by atoms with van der Waals surface area (Å²) in [5.41, 5.74) is -5.50. The van der Waals surface area contributed by atoms with Crippen LogP contribution in [0.2, 0.25) is 0 Å². The van der Waals surface area contributed by atoms with Crippen LogP contribution in [-0.2, 0) is 15.5 Å². The largest absolute Gasteiger partial charge is 0.534 e. The number of rotatable bonds is 4. The Bertz CT molecular complexity index is 548. The van der Waals surface area contributed by atoms with Crippen molar-refractivity contribution in [1.29, 1.82) is 0 Å². The molecule has 0 unspecified atom stereocenters. The van der Waals surface area contributed by atoms with Gasteiger partial charge in [-0.2, -0.15) is 21.6 Å². The molecule has 0 spiro atoms. The van der Waals surface area contributed by atoms with E-state index in [2.05, 4.69) is 4.18 Å². The van der Waals surface area contributed by atoms with Gasteiger partial charge in [0.1, 0.15) is 5.75 Å². The van der Waals surface area contributed by atoms with Crippen molar-refractivity contribution >= 4 is 10.1 Å². The van der Waals surface area contributed by atoms with Crippen LogP contribution in [0.3, 0.4) is 0 Å². The van der Waals surface area contributed by atoms with Crippen LogP contribution in [0, 0.1) is 0 Å². The maximum atomic E-state index is 12.3. The van der Waals surface area contributed by atoms with Gasteiger partial charge in [0.2, 0.25) is 0 Å². The van der Waals surface area contributed by atoms with Crippen LogP contribution >= 0.6 is 0 Å². The van der Waals surface area contributed by atoms with Crippen molar-refractivity contribution in [1.82, 2.24) is 0 Å². The molecule has 0 saturated carbocycles. The van der Waals surface area contributed by atoms with E-state index >= 15 is 0 Å². The van der Waals surface area contributed by atoms with Gasteiger partial charge in [-0.05, 0) is 17.9 Å². The second-order valence-electron chi connectivity index (χ2n) is 4.72. The molecule has 19 heavy (non-hydrogen) atoms. The molecule has 0 heterocycles. The van der Waals surface area contributed by atoms with Gasteiger partial charge >= 0.3 is 15.6 Å². The summed E-state index contributed by atoms with van der Waals surface area (Å²) in [4.78, 5) is 0. The summed E-state index contributed by atoms with van der Waals surface area (Å²) >= 11 is 0. The SMILES string of the molecule is CCC(C)(C)c1ccccc1OS(=O)(=O)C(F)(F)F. The van der Waals surface area contributed by atoms with E-state index in [1.165, 1.54) is 12.1 Å². The molecular formula is C12H15F3O3S. The number of alkyl halides is 3. The molecule has 0 aromatic heterocycles. The first-order valence-corrected chi connectivity index (χ1v) is 7.02. The van der Waals surface area contributed by atoms with Gasteiger partial charge in [-0.1, -0.05) is 39.0 Å². The van der Waals surface area contributed by atoms with Crippen LogP contribution in [0.25, 0.3) is 0 Å². The minimum atomic E-state index is -5.64. The summed E-state index contributed by atoms with van der Waals surface area (Å²) in [6, 6.07) is 5.83. The molecule has 108 valence electrons. The molecule has 0 radical (unpaired) electrons. The molecule has 0 fully saturated rings. The van der Waals surface area contributed by atoms with E-state index in [9.17, 15) is 21.6 Å². The summed E-state index contributed by atoms with van der Waals surface area (Å²) in [7, 11) is -5.64. The standard InChI is InChI=1S/C12H15F3O3S/c1-4-11(2,3)9-7-5-6-8-10(9)18-19(16,17)12(13,14)15/h5-8H,4H2,1-3H3. The average Bonchev–Trinajstić information content (AvgIpc) is 2.27. The van der Waals surface area contributed by atoms with E-state index in [0.717, 1.165) is 0 Å². The van der Waals surface area contributed by atoms with Gasteiger partial charge in [0.25, 0.3) is 0 Å². The van der Waals surface area contributed by atoms with Gasteiger partial charge in [0.15, 0.2) is 0 Å². The molecule has 7 heteroatoms. The van der Waals surface area contributed by atoms with E-state index in [1.54, 1.807) is 26.0 Å². The fourth-order valence-electron chi connectivity index (χ4n) is 1.45.